The van der Waals surface area contributed by atoms with Crippen LogP contribution in [-0.2, 0) is 0 Å². The van der Waals surface area contributed by atoms with Gasteiger partial charge in [-0.1, -0.05) is 6.92 Å². The van der Waals surface area contributed by atoms with Crippen molar-refractivity contribution >= 4 is 0 Å². The molecule has 0 aliphatic rings. The van der Waals surface area contributed by atoms with Crippen LogP contribution in [0.1, 0.15) is 6.42 Å². The summed E-state index contributed by atoms with van der Waals surface area (Å²) in [5.41, 5.74) is 0. The van der Waals surface area contributed by atoms with Gasteiger partial charge in [-0.25, -0.2) is 0 Å². The molecule has 0 saturated carbocycles. The molecule has 0 aromatic rings. The van der Waals surface area contributed by atoms with Crippen LogP contribution in [0.4, 0.5) is 0 Å². The molecule has 2 nitrogen and oxygen atoms in total. The first kappa shape index (κ1) is 6.29. The third-order valence-corrected chi connectivity index (χ3v) is 0.664. The van der Waals surface area contributed by atoms with E-state index in [-0.39, 0.29) is 0 Å². The summed E-state index contributed by atoms with van der Waals surface area (Å²) in [6.45, 7) is 4.34. The van der Waals surface area contributed by atoms with E-state index in [0.29, 0.717) is 0 Å². The maximum atomic E-state index is 8.11. The smallest absolute Gasteiger partial charge is 0.179 e. The fourth-order valence-electron chi connectivity index (χ4n) is 0.287. The Morgan fingerprint density at radius 3 is 2.57 bits per heavy atom. The molecule has 39 valence electrons. The lowest BCUT2D eigenvalue weighted by Crippen LogP contribution is -2.10. The first-order valence-corrected chi connectivity index (χ1v) is 2.21. The maximum Gasteiger partial charge on any atom is 0.179 e. The lowest BCUT2D eigenvalue weighted by molar-refractivity contribution is 0.482. The maximum absolute atomic E-state index is 8.11. The van der Waals surface area contributed by atoms with Crippen LogP contribution in [-0.4, -0.2) is 18.5 Å². The van der Waals surface area contributed by atoms with E-state index in [4.69, 9.17) is 5.26 Å². The van der Waals surface area contributed by atoms with Gasteiger partial charge >= 0.3 is 0 Å². The van der Waals surface area contributed by atoms with Gasteiger partial charge in [0.25, 0.3) is 0 Å². The molecule has 0 heterocycles. The summed E-state index contributed by atoms with van der Waals surface area (Å²) in [6.07, 6.45) is 2.75. The van der Waals surface area contributed by atoms with Crippen LogP contribution in [0.25, 0.3) is 0 Å². The Balaban J connectivity index is 3.04. The normalized spacial score (nSPS) is 7.57. The Kier molecular flexibility index (Phi) is 3.13. The molecule has 1 radical (unpaired) electrons. The molecular weight excluding hydrogens is 88.1 g/mol. The van der Waals surface area contributed by atoms with Crippen LogP contribution < -0.4 is 0 Å². The highest BCUT2D eigenvalue weighted by Crippen LogP contribution is 1.78. The fraction of sp³-hybridized carbons (Fsp3) is 0.600. The topological polar surface area (TPSA) is 27.0 Å². The van der Waals surface area contributed by atoms with Crippen molar-refractivity contribution in [3.05, 3.63) is 6.92 Å². The van der Waals surface area contributed by atoms with E-state index >= 15 is 0 Å². The average molecular weight is 97.1 g/mol. The van der Waals surface area contributed by atoms with E-state index in [0.717, 1.165) is 13.0 Å². The highest BCUT2D eigenvalue weighted by Gasteiger charge is 1.84. The minimum atomic E-state index is 0.760. The largest absolute Gasteiger partial charge is 0.314 e. The third-order valence-electron chi connectivity index (χ3n) is 0.664. The Morgan fingerprint density at radius 1 is 1.86 bits per heavy atom. The summed E-state index contributed by atoms with van der Waals surface area (Å²) in [5, 5.41) is 8.11. The van der Waals surface area contributed by atoms with Gasteiger partial charge in [0.15, 0.2) is 6.19 Å². The van der Waals surface area contributed by atoms with Crippen LogP contribution in [0.3, 0.4) is 0 Å². The van der Waals surface area contributed by atoms with Gasteiger partial charge in [-0.3, -0.25) is 0 Å². The Hall–Kier alpha value is -0.710. The second kappa shape index (κ2) is 3.48. The number of nitrogens with zero attached hydrogens (tertiary/aromatic N) is 2. The number of nitriles is 1. The van der Waals surface area contributed by atoms with Crippen LogP contribution in [0.5, 0.6) is 0 Å². The Labute approximate surface area is 44.4 Å². The molecule has 0 fully saturated rings. The van der Waals surface area contributed by atoms with Gasteiger partial charge in [0.05, 0.1) is 0 Å². The molecule has 0 bridgehead atoms. The predicted octanol–water partition coefficient (Wildman–Crippen LogP) is 0.623. The molecule has 2 heteroatoms. The molecule has 0 unspecified atom stereocenters. The van der Waals surface area contributed by atoms with Gasteiger partial charge in [-0.2, -0.15) is 5.26 Å². The summed E-state index contributed by atoms with van der Waals surface area (Å²) in [5.74, 6) is 0. The van der Waals surface area contributed by atoms with E-state index in [1.54, 1.807) is 11.9 Å². The monoisotopic (exact) mass is 97.1 g/mol. The van der Waals surface area contributed by atoms with Crippen molar-refractivity contribution < 1.29 is 0 Å². The first-order chi connectivity index (χ1) is 3.31. The van der Waals surface area contributed by atoms with Gasteiger partial charge in [-0.15, -0.1) is 0 Å². The standard InChI is InChI=1S/C5H9N2/c1-3-4-7(2)5-6/h1,3-4H2,2H3. The van der Waals surface area contributed by atoms with E-state index in [1.165, 1.54) is 0 Å². The number of hydrogen-bond acceptors (Lipinski definition) is 2. The van der Waals surface area contributed by atoms with Crippen LogP contribution in [0.15, 0.2) is 0 Å². The zero-order valence-electron chi connectivity index (χ0n) is 4.52. The summed E-state index contributed by atoms with van der Waals surface area (Å²) >= 11 is 0. The van der Waals surface area contributed by atoms with Gasteiger partial charge in [0, 0.05) is 13.6 Å². The van der Waals surface area contributed by atoms with Crippen LogP contribution >= 0.6 is 0 Å². The van der Waals surface area contributed by atoms with Crippen molar-refractivity contribution in [2.24, 2.45) is 0 Å². The highest BCUT2D eigenvalue weighted by molar-refractivity contribution is 4.67. The van der Waals surface area contributed by atoms with E-state index in [9.17, 15) is 0 Å². The molecule has 0 amide bonds. The van der Waals surface area contributed by atoms with Crippen molar-refractivity contribution in [2.45, 2.75) is 6.42 Å². The van der Waals surface area contributed by atoms with E-state index in [1.807, 2.05) is 6.19 Å². The Bertz CT molecular complexity index is 72.6. The van der Waals surface area contributed by atoms with Gasteiger partial charge < -0.3 is 4.90 Å². The minimum Gasteiger partial charge on any atom is -0.314 e. The molecule has 0 aliphatic heterocycles. The van der Waals surface area contributed by atoms with Crippen molar-refractivity contribution in [3.8, 4) is 6.19 Å². The number of rotatable bonds is 2. The molecule has 0 rings (SSSR count). The molecule has 7 heavy (non-hydrogen) atoms. The Morgan fingerprint density at radius 2 is 2.43 bits per heavy atom. The van der Waals surface area contributed by atoms with E-state index in [2.05, 4.69) is 6.92 Å². The number of hydrogen-bond donors (Lipinski definition) is 0. The van der Waals surface area contributed by atoms with Crippen LogP contribution in [0.2, 0.25) is 0 Å². The molecule has 0 aromatic carbocycles. The lowest BCUT2D eigenvalue weighted by atomic mass is 10.5. The molecule has 0 N–H and O–H groups in total. The molecule has 0 aromatic heterocycles. The summed E-state index contributed by atoms with van der Waals surface area (Å²) in [6, 6.07) is 0. The first-order valence-electron chi connectivity index (χ1n) is 2.21. The van der Waals surface area contributed by atoms with Crippen molar-refractivity contribution in [3.63, 3.8) is 0 Å². The van der Waals surface area contributed by atoms with Crippen molar-refractivity contribution in [1.82, 2.24) is 4.90 Å². The van der Waals surface area contributed by atoms with Crippen molar-refractivity contribution in [1.29, 1.82) is 5.26 Å². The molecular formula is C5H9N2. The van der Waals surface area contributed by atoms with Crippen molar-refractivity contribution in [2.75, 3.05) is 13.6 Å². The summed E-state index contributed by atoms with van der Waals surface area (Å²) in [7, 11) is 1.74. The molecule has 0 saturated heterocycles. The quantitative estimate of drug-likeness (QED) is 0.373. The van der Waals surface area contributed by atoms with Gasteiger partial charge in [0.1, 0.15) is 0 Å². The fourth-order valence-corrected chi connectivity index (χ4v) is 0.287. The van der Waals surface area contributed by atoms with E-state index < -0.39 is 0 Å². The summed E-state index contributed by atoms with van der Waals surface area (Å²) < 4.78 is 0. The predicted molar refractivity (Wildman–Crippen MR) is 28.2 cm³/mol. The van der Waals surface area contributed by atoms with Crippen LogP contribution in [0, 0.1) is 18.4 Å². The second-order valence-electron chi connectivity index (χ2n) is 1.38. The third kappa shape index (κ3) is 3.11. The highest BCUT2D eigenvalue weighted by atomic mass is 15.1. The van der Waals surface area contributed by atoms with Gasteiger partial charge in [-0.05, 0) is 6.42 Å². The second-order valence-corrected chi connectivity index (χ2v) is 1.38. The molecule has 0 spiro atoms. The SMILES string of the molecule is [CH2]CCN(C)C#N. The zero-order chi connectivity index (χ0) is 5.70. The molecule has 0 atom stereocenters. The minimum absolute atomic E-state index is 0.760. The molecule has 0 aliphatic carbocycles. The van der Waals surface area contributed by atoms with Gasteiger partial charge in [0.2, 0.25) is 0 Å². The summed E-state index contributed by atoms with van der Waals surface area (Å²) in [4.78, 5) is 1.55. The lowest BCUT2D eigenvalue weighted by Gasteiger charge is -2.02. The average Bonchev–Trinajstić information content (AvgIpc) is 1.68. The zero-order valence-corrected chi connectivity index (χ0v) is 4.52.